The second-order valence-corrected chi connectivity index (χ2v) is 2.02. The van der Waals surface area contributed by atoms with Gasteiger partial charge in [-0.2, -0.15) is 0 Å². The number of allylic oxidation sites excluding steroid dienone is 1. The Morgan fingerprint density at radius 2 is 2.00 bits per heavy atom. The average molecular weight is 111 g/mol. The summed E-state index contributed by atoms with van der Waals surface area (Å²) < 4.78 is 0. The van der Waals surface area contributed by atoms with Crippen LogP contribution in [0.2, 0.25) is 0 Å². The molecule has 0 saturated heterocycles. The molecule has 0 aromatic carbocycles. The molecular formula is C7H13N. The van der Waals surface area contributed by atoms with Gasteiger partial charge in [-0.3, -0.25) is 4.99 Å². The van der Waals surface area contributed by atoms with Crippen molar-refractivity contribution in [3.05, 3.63) is 12.3 Å². The summed E-state index contributed by atoms with van der Waals surface area (Å²) in [6.45, 7) is 6.16. The van der Waals surface area contributed by atoms with E-state index in [1.807, 2.05) is 19.2 Å². The number of hydrogen-bond acceptors (Lipinski definition) is 1. The van der Waals surface area contributed by atoms with E-state index in [4.69, 9.17) is 0 Å². The van der Waals surface area contributed by atoms with E-state index in [9.17, 15) is 0 Å². The van der Waals surface area contributed by atoms with Gasteiger partial charge in [-0.05, 0) is 12.8 Å². The van der Waals surface area contributed by atoms with E-state index in [1.54, 1.807) is 6.20 Å². The SMILES string of the molecule is C/C=C/N=CC(C)C. The maximum absolute atomic E-state index is 3.98. The summed E-state index contributed by atoms with van der Waals surface area (Å²) in [5.41, 5.74) is 0. The molecule has 0 aliphatic rings. The van der Waals surface area contributed by atoms with Gasteiger partial charge in [-0.15, -0.1) is 0 Å². The van der Waals surface area contributed by atoms with Crippen LogP contribution in [0.3, 0.4) is 0 Å². The molecule has 0 rings (SSSR count). The second-order valence-electron chi connectivity index (χ2n) is 2.02. The molecule has 0 aliphatic heterocycles. The summed E-state index contributed by atoms with van der Waals surface area (Å²) in [4.78, 5) is 3.98. The molecule has 0 fully saturated rings. The molecule has 46 valence electrons. The smallest absolute Gasteiger partial charge is 0.0221 e. The van der Waals surface area contributed by atoms with Gasteiger partial charge in [-0.25, -0.2) is 0 Å². The van der Waals surface area contributed by atoms with Gasteiger partial charge in [0.2, 0.25) is 0 Å². The Hall–Kier alpha value is -0.590. The lowest BCUT2D eigenvalue weighted by Gasteiger charge is -1.87. The zero-order valence-electron chi connectivity index (χ0n) is 5.76. The van der Waals surface area contributed by atoms with Crippen LogP contribution >= 0.6 is 0 Å². The third kappa shape index (κ3) is 5.41. The standard InChI is InChI=1S/C7H13N/c1-4-5-8-6-7(2)3/h4-7H,1-3H3/b5-4+,8-6?. The third-order valence-electron chi connectivity index (χ3n) is 0.619. The van der Waals surface area contributed by atoms with Crippen LogP contribution in [0, 0.1) is 5.92 Å². The zero-order chi connectivity index (χ0) is 6.41. The Morgan fingerprint density at radius 1 is 1.38 bits per heavy atom. The molecule has 8 heavy (non-hydrogen) atoms. The van der Waals surface area contributed by atoms with Crippen LogP contribution in [-0.4, -0.2) is 6.21 Å². The van der Waals surface area contributed by atoms with Crippen LogP contribution < -0.4 is 0 Å². The van der Waals surface area contributed by atoms with E-state index >= 15 is 0 Å². The summed E-state index contributed by atoms with van der Waals surface area (Å²) >= 11 is 0. The molecule has 0 aromatic heterocycles. The predicted octanol–water partition coefficient (Wildman–Crippen LogP) is 2.25. The monoisotopic (exact) mass is 111 g/mol. The first kappa shape index (κ1) is 7.41. The van der Waals surface area contributed by atoms with Crippen molar-refractivity contribution in [3.8, 4) is 0 Å². The maximum atomic E-state index is 3.98. The fraction of sp³-hybridized carbons (Fsp3) is 0.571. The van der Waals surface area contributed by atoms with Gasteiger partial charge in [-0.1, -0.05) is 19.9 Å². The van der Waals surface area contributed by atoms with Gasteiger partial charge in [0, 0.05) is 12.4 Å². The summed E-state index contributed by atoms with van der Waals surface area (Å²) in [6, 6.07) is 0. The molecule has 0 saturated carbocycles. The van der Waals surface area contributed by atoms with Crippen molar-refractivity contribution < 1.29 is 0 Å². The van der Waals surface area contributed by atoms with Crippen molar-refractivity contribution >= 4 is 6.21 Å². The molecular weight excluding hydrogens is 98.1 g/mol. The van der Waals surface area contributed by atoms with Crippen molar-refractivity contribution in [2.45, 2.75) is 20.8 Å². The molecule has 0 unspecified atom stereocenters. The molecule has 0 aliphatic carbocycles. The molecule has 0 heterocycles. The molecule has 0 aromatic rings. The Balaban J connectivity index is 3.34. The van der Waals surface area contributed by atoms with Gasteiger partial charge >= 0.3 is 0 Å². The van der Waals surface area contributed by atoms with Crippen molar-refractivity contribution in [3.63, 3.8) is 0 Å². The van der Waals surface area contributed by atoms with Gasteiger partial charge < -0.3 is 0 Å². The molecule has 1 heteroatoms. The van der Waals surface area contributed by atoms with Crippen LogP contribution in [0.1, 0.15) is 20.8 Å². The van der Waals surface area contributed by atoms with E-state index in [0.29, 0.717) is 5.92 Å². The first-order valence-corrected chi connectivity index (χ1v) is 2.92. The lowest BCUT2D eigenvalue weighted by molar-refractivity contribution is 0.907. The first-order chi connectivity index (χ1) is 3.77. The molecule has 0 atom stereocenters. The molecule has 0 spiro atoms. The summed E-state index contributed by atoms with van der Waals surface area (Å²) in [7, 11) is 0. The van der Waals surface area contributed by atoms with E-state index < -0.39 is 0 Å². The van der Waals surface area contributed by atoms with E-state index in [1.165, 1.54) is 0 Å². The van der Waals surface area contributed by atoms with Crippen molar-refractivity contribution in [1.29, 1.82) is 0 Å². The third-order valence-corrected chi connectivity index (χ3v) is 0.619. The fourth-order valence-electron chi connectivity index (χ4n) is 0.308. The van der Waals surface area contributed by atoms with Crippen molar-refractivity contribution in [1.82, 2.24) is 0 Å². The maximum Gasteiger partial charge on any atom is 0.0221 e. The van der Waals surface area contributed by atoms with E-state index in [2.05, 4.69) is 18.8 Å². The van der Waals surface area contributed by atoms with E-state index in [0.717, 1.165) is 0 Å². The number of aliphatic imine (C=N–C) groups is 1. The first-order valence-electron chi connectivity index (χ1n) is 2.92. The fourth-order valence-corrected chi connectivity index (χ4v) is 0.308. The highest BCUT2D eigenvalue weighted by Crippen LogP contribution is 1.84. The largest absolute Gasteiger partial charge is 0.269 e. The lowest BCUT2D eigenvalue weighted by atomic mass is 10.3. The normalized spacial score (nSPS) is 12.5. The Kier molecular flexibility index (Phi) is 4.23. The predicted molar refractivity (Wildman–Crippen MR) is 38.1 cm³/mol. The molecule has 1 nitrogen and oxygen atoms in total. The average Bonchev–Trinajstić information content (AvgIpc) is 1.66. The molecule has 0 amide bonds. The second kappa shape index (κ2) is 4.57. The Labute approximate surface area is 51.1 Å². The van der Waals surface area contributed by atoms with Gasteiger partial charge in [0.05, 0.1) is 0 Å². The zero-order valence-corrected chi connectivity index (χ0v) is 5.76. The van der Waals surface area contributed by atoms with Crippen LogP contribution in [0.4, 0.5) is 0 Å². The lowest BCUT2D eigenvalue weighted by Crippen LogP contribution is -1.84. The number of rotatable bonds is 2. The number of nitrogens with zero attached hydrogens (tertiary/aromatic N) is 1. The quantitative estimate of drug-likeness (QED) is 0.484. The van der Waals surface area contributed by atoms with Gasteiger partial charge in [0.15, 0.2) is 0 Å². The van der Waals surface area contributed by atoms with Gasteiger partial charge in [0.1, 0.15) is 0 Å². The van der Waals surface area contributed by atoms with Crippen LogP contribution in [-0.2, 0) is 0 Å². The Bertz CT molecular complexity index is 90.6. The highest BCUT2D eigenvalue weighted by molar-refractivity contribution is 5.60. The van der Waals surface area contributed by atoms with E-state index in [-0.39, 0.29) is 0 Å². The highest BCUT2D eigenvalue weighted by Gasteiger charge is 1.79. The summed E-state index contributed by atoms with van der Waals surface area (Å²) in [5.74, 6) is 0.561. The van der Waals surface area contributed by atoms with Crippen LogP contribution in [0.15, 0.2) is 17.3 Å². The molecule has 0 bridgehead atoms. The molecule has 0 N–H and O–H groups in total. The highest BCUT2D eigenvalue weighted by atomic mass is 14.7. The van der Waals surface area contributed by atoms with Crippen molar-refractivity contribution in [2.75, 3.05) is 0 Å². The minimum Gasteiger partial charge on any atom is -0.269 e. The Morgan fingerprint density at radius 3 is 2.38 bits per heavy atom. The molecule has 0 radical (unpaired) electrons. The van der Waals surface area contributed by atoms with Crippen LogP contribution in [0.5, 0.6) is 0 Å². The summed E-state index contributed by atoms with van der Waals surface area (Å²) in [6.07, 6.45) is 5.62. The minimum atomic E-state index is 0.561. The number of hydrogen-bond donors (Lipinski definition) is 0. The minimum absolute atomic E-state index is 0.561. The van der Waals surface area contributed by atoms with Gasteiger partial charge in [0.25, 0.3) is 0 Å². The topological polar surface area (TPSA) is 12.4 Å². The summed E-state index contributed by atoms with van der Waals surface area (Å²) in [5, 5.41) is 0. The van der Waals surface area contributed by atoms with Crippen molar-refractivity contribution in [2.24, 2.45) is 10.9 Å². The van der Waals surface area contributed by atoms with Crippen LogP contribution in [0.25, 0.3) is 0 Å².